The molecule has 2 aromatic heterocycles. The summed E-state index contributed by atoms with van der Waals surface area (Å²) in [6, 6.07) is 7.12. The molecule has 152 valence electrons. The molecule has 29 heavy (non-hydrogen) atoms. The number of nitrogens with one attached hydrogen (secondary N) is 1. The number of carbonyl (C=O) groups excluding carboxylic acids is 2. The molecule has 1 N–H and O–H groups in total. The fraction of sp³-hybridized carbons (Fsp3) is 0.333. The smallest absolute Gasteiger partial charge is 0.340 e. The Morgan fingerprint density at radius 3 is 2.66 bits per heavy atom. The Balaban J connectivity index is 1.92. The molecule has 7 nitrogen and oxygen atoms in total. The maximum atomic E-state index is 13.1. The third-order valence-electron chi connectivity index (χ3n) is 4.76. The van der Waals surface area contributed by atoms with Crippen molar-refractivity contribution in [2.24, 2.45) is 7.05 Å². The topological polar surface area (TPSA) is 94.1 Å². The van der Waals surface area contributed by atoms with Crippen molar-refractivity contribution in [3.63, 3.8) is 0 Å². The predicted octanol–water partition coefficient (Wildman–Crippen LogP) is 3.42. The molecule has 0 aliphatic heterocycles. The lowest BCUT2D eigenvalue weighted by Gasteiger charge is -2.13. The number of aromatic amines is 1. The van der Waals surface area contributed by atoms with Crippen LogP contribution in [0.2, 0.25) is 0 Å². The quantitative estimate of drug-likeness (QED) is 0.288. The Labute approximate surface area is 172 Å². The maximum Gasteiger partial charge on any atom is 0.340 e. The number of esters is 1. The van der Waals surface area contributed by atoms with Gasteiger partial charge in [0.15, 0.2) is 10.9 Å². The fourth-order valence-corrected chi connectivity index (χ4v) is 4.16. The highest BCUT2D eigenvalue weighted by atomic mass is 32.2. The number of aromatic nitrogens is 3. The Hall–Kier alpha value is -2.87. The van der Waals surface area contributed by atoms with Crippen molar-refractivity contribution >= 4 is 34.4 Å². The lowest BCUT2D eigenvalue weighted by molar-refractivity contribution is 0.0525. The second-order valence-electron chi connectivity index (χ2n) is 6.75. The summed E-state index contributed by atoms with van der Waals surface area (Å²) in [7, 11) is 1.64. The third-order valence-corrected chi connectivity index (χ3v) is 5.90. The Kier molecular flexibility index (Phi) is 5.93. The first-order valence-corrected chi connectivity index (χ1v) is 10.2. The van der Waals surface area contributed by atoms with Crippen LogP contribution in [-0.4, -0.2) is 38.1 Å². The first kappa shape index (κ1) is 20.9. The van der Waals surface area contributed by atoms with E-state index in [1.165, 1.54) is 16.3 Å². The minimum Gasteiger partial charge on any atom is -0.462 e. The first-order chi connectivity index (χ1) is 13.8. The van der Waals surface area contributed by atoms with Gasteiger partial charge in [-0.1, -0.05) is 23.9 Å². The highest BCUT2D eigenvalue weighted by molar-refractivity contribution is 8.00. The van der Waals surface area contributed by atoms with Crippen molar-refractivity contribution in [3.05, 3.63) is 57.1 Å². The molecule has 3 rings (SSSR count). The largest absolute Gasteiger partial charge is 0.462 e. The van der Waals surface area contributed by atoms with Gasteiger partial charge >= 0.3 is 5.97 Å². The van der Waals surface area contributed by atoms with E-state index in [1.54, 1.807) is 52.9 Å². The summed E-state index contributed by atoms with van der Waals surface area (Å²) in [5.74, 6) is -0.620. The molecule has 3 aromatic rings. The molecule has 0 saturated carbocycles. The van der Waals surface area contributed by atoms with Gasteiger partial charge in [0.2, 0.25) is 0 Å². The van der Waals surface area contributed by atoms with Crippen molar-refractivity contribution in [1.29, 1.82) is 0 Å². The highest BCUT2D eigenvalue weighted by Gasteiger charge is 2.27. The fourth-order valence-electron chi connectivity index (χ4n) is 3.22. The van der Waals surface area contributed by atoms with Crippen LogP contribution in [0.1, 0.15) is 46.0 Å². The molecule has 2 heterocycles. The molecule has 1 aromatic carbocycles. The minimum absolute atomic E-state index is 0.158. The summed E-state index contributed by atoms with van der Waals surface area (Å²) in [4.78, 5) is 45.4. The van der Waals surface area contributed by atoms with Crippen molar-refractivity contribution in [1.82, 2.24) is 14.5 Å². The molecular formula is C21H23N3O4S. The van der Waals surface area contributed by atoms with E-state index in [0.29, 0.717) is 38.6 Å². The number of ketones is 1. The number of para-hydroxylation sites is 1. The number of carbonyl (C=O) groups is 2. The lowest BCUT2D eigenvalue weighted by Crippen LogP contribution is -2.22. The van der Waals surface area contributed by atoms with Gasteiger partial charge in [-0.05, 0) is 45.4 Å². The van der Waals surface area contributed by atoms with Crippen molar-refractivity contribution in [2.75, 3.05) is 6.61 Å². The number of hydrogen-bond acceptors (Lipinski definition) is 6. The van der Waals surface area contributed by atoms with E-state index in [1.807, 2.05) is 6.07 Å². The monoisotopic (exact) mass is 413 g/mol. The van der Waals surface area contributed by atoms with Gasteiger partial charge < -0.3 is 9.72 Å². The normalized spacial score (nSPS) is 12.2. The summed E-state index contributed by atoms with van der Waals surface area (Å²) >= 11 is 1.21. The number of nitrogens with zero attached hydrogens (tertiary/aromatic N) is 2. The minimum atomic E-state index is -0.513. The van der Waals surface area contributed by atoms with Crippen LogP contribution >= 0.6 is 11.8 Å². The molecule has 1 atom stereocenters. The van der Waals surface area contributed by atoms with Crippen molar-refractivity contribution in [3.8, 4) is 0 Å². The van der Waals surface area contributed by atoms with E-state index < -0.39 is 11.2 Å². The Morgan fingerprint density at radius 1 is 1.28 bits per heavy atom. The number of benzene rings is 1. The van der Waals surface area contributed by atoms with Crippen LogP contribution in [0, 0.1) is 13.8 Å². The van der Waals surface area contributed by atoms with Gasteiger partial charge in [0.05, 0.1) is 34.0 Å². The van der Waals surface area contributed by atoms with Gasteiger partial charge in [-0.2, -0.15) is 0 Å². The summed E-state index contributed by atoms with van der Waals surface area (Å²) in [5, 5.41) is 0.482. The second kappa shape index (κ2) is 8.24. The number of thioether (sulfide) groups is 1. The maximum absolute atomic E-state index is 13.1. The average Bonchev–Trinajstić information content (AvgIpc) is 2.99. The molecule has 0 spiro atoms. The van der Waals surface area contributed by atoms with Gasteiger partial charge in [0.1, 0.15) is 0 Å². The van der Waals surface area contributed by atoms with Crippen molar-refractivity contribution in [2.45, 2.75) is 38.1 Å². The SMILES string of the molecule is CCOC(=O)c1c(C)[nH]c(C(=O)[C@@H](C)Sc2nc3ccccc3c(=O)n2C)c1C. The third kappa shape index (κ3) is 3.85. The molecule has 0 amide bonds. The Bertz CT molecular complexity index is 1160. The molecule has 0 bridgehead atoms. The van der Waals surface area contributed by atoms with Gasteiger partial charge in [0, 0.05) is 12.7 Å². The number of fused-ring (bicyclic) bond motifs is 1. The standard InChI is InChI=1S/C21H23N3O4S/c1-6-28-20(27)16-11(2)17(22-12(16)3)18(25)13(4)29-21-23-15-10-8-7-9-14(15)19(26)24(21)5/h7-10,13,22H,6H2,1-5H3/t13-/m1/s1. The second-order valence-corrected chi connectivity index (χ2v) is 8.05. The van der Waals surface area contributed by atoms with Crippen LogP contribution in [0.15, 0.2) is 34.2 Å². The summed E-state index contributed by atoms with van der Waals surface area (Å²) in [6.07, 6.45) is 0. The Morgan fingerprint density at radius 2 is 1.97 bits per heavy atom. The predicted molar refractivity (Wildman–Crippen MR) is 113 cm³/mol. The van der Waals surface area contributed by atoms with E-state index >= 15 is 0 Å². The van der Waals surface area contributed by atoms with E-state index in [4.69, 9.17) is 4.74 Å². The van der Waals surface area contributed by atoms with Crippen LogP contribution in [0.3, 0.4) is 0 Å². The first-order valence-electron chi connectivity index (χ1n) is 9.29. The van der Waals surface area contributed by atoms with Gasteiger partial charge in [0.25, 0.3) is 5.56 Å². The number of rotatable bonds is 6. The van der Waals surface area contributed by atoms with Crippen LogP contribution in [0.4, 0.5) is 0 Å². The molecule has 0 unspecified atom stereocenters. The summed E-state index contributed by atoms with van der Waals surface area (Å²) in [5.41, 5.74) is 2.36. The molecule has 8 heteroatoms. The van der Waals surface area contributed by atoms with E-state index in [2.05, 4.69) is 9.97 Å². The van der Waals surface area contributed by atoms with E-state index in [0.717, 1.165) is 0 Å². The zero-order valence-corrected chi connectivity index (χ0v) is 17.8. The average molecular weight is 413 g/mol. The molecule has 0 radical (unpaired) electrons. The van der Waals surface area contributed by atoms with Gasteiger partial charge in [-0.15, -0.1) is 0 Å². The number of ether oxygens (including phenoxy) is 1. The van der Waals surface area contributed by atoms with Crippen LogP contribution < -0.4 is 5.56 Å². The number of hydrogen-bond donors (Lipinski definition) is 1. The summed E-state index contributed by atoms with van der Waals surface area (Å²) < 4.78 is 6.54. The van der Waals surface area contributed by atoms with Gasteiger partial charge in [-0.25, -0.2) is 9.78 Å². The van der Waals surface area contributed by atoms with Crippen LogP contribution in [0.5, 0.6) is 0 Å². The number of aryl methyl sites for hydroxylation is 1. The molecule has 0 aliphatic rings. The van der Waals surface area contributed by atoms with Crippen LogP contribution in [-0.2, 0) is 11.8 Å². The van der Waals surface area contributed by atoms with E-state index in [-0.39, 0.29) is 17.9 Å². The van der Waals surface area contributed by atoms with Crippen molar-refractivity contribution < 1.29 is 14.3 Å². The lowest BCUT2D eigenvalue weighted by atomic mass is 10.1. The molecule has 0 aliphatic carbocycles. The molecule has 0 fully saturated rings. The van der Waals surface area contributed by atoms with Crippen LogP contribution in [0.25, 0.3) is 10.9 Å². The highest BCUT2D eigenvalue weighted by Crippen LogP contribution is 2.27. The summed E-state index contributed by atoms with van der Waals surface area (Å²) in [6.45, 7) is 7.22. The number of Topliss-reactive ketones (excluding diaryl/α,β-unsaturated/α-hetero) is 1. The zero-order chi connectivity index (χ0) is 21.3. The molecule has 0 saturated heterocycles. The molecular weight excluding hydrogens is 390 g/mol. The number of H-pyrrole nitrogens is 1. The van der Waals surface area contributed by atoms with Gasteiger partial charge in [-0.3, -0.25) is 14.2 Å². The van der Waals surface area contributed by atoms with E-state index in [9.17, 15) is 14.4 Å². The zero-order valence-electron chi connectivity index (χ0n) is 17.0.